The molecule has 3 heteroatoms. The molecule has 2 heterocycles. The van der Waals surface area contributed by atoms with Gasteiger partial charge in [0.05, 0.1) is 11.0 Å². The predicted molar refractivity (Wildman–Crippen MR) is 231 cm³/mol. The molecule has 11 rings (SSSR count). The summed E-state index contributed by atoms with van der Waals surface area (Å²) in [6, 6.07) is 67.0. The average molecular weight is 709 g/mol. The van der Waals surface area contributed by atoms with E-state index in [1.165, 1.54) is 81.0 Å². The SMILES string of the molecule is CC1(C)c2ccccc2-c2ccc(N(c3ccc(-c4ccccc4)cc3)c3ccc4c(c3)c3c5sc6ccccc6c5ccc3n4-c3ccccc3)cc21. The fraction of sp³-hybridized carbons (Fsp3) is 0.0588. The van der Waals surface area contributed by atoms with Crippen LogP contribution in [0.4, 0.5) is 17.1 Å². The number of thiophene rings is 1. The Labute approximate surface area is 318 Å². The highest BCUT2D eigenvalue weighted by molar-refractivity contribution is 7.26. The van der Waals surface area contributed by atoms with E-state index >= 15 is 0 Å². The molecule has 0 fully saturated rings. The Bertz CT molecular complexity index is 3060. The number of rotatable bonds is 5. The van der Waals surface area contributed by atoms with Gasteiger partial charge in [0.1, 0.15) is 0 Å². The van der Waals surface area contributed by atoms with Crippen LogP contribution in [0, 0.1) is 0 Å². The quantitative estimate of drug-likeness (QED) is 0.173. The molecule has 2 nitrogen and oxygen atoms in total. The van der Waals surface area contributed by atoms with Gasteiger partial charge in [-0.1, -0.05) is 129 Å². The first-order valence-electron chi connectivity index (χ1n) is 18.7. The highest BCUT2D eigenvalue weighted by atomic mass is 32.1. The molecule has 0 radical (unpaired) electrons. The normalized spacial score (nSPS) is 13.1. The molecule has 2 aromatic heterocycles. The van der Waals surface area contributed by atoms with Gasteiger partial charge in [-0.25, -0.2) is 0 Å². The van der Waals surface area contributed by atoms with Crippen molar-refractivity contribution < 1.29 is 0 Å². The van der Waals surface area contributed by atoms with Gasteiger partial charge in [0, 0.05) is 59.1 Å². The Balaban J connectivity index is 1.17. The summed E-state index contributed by atoms with van der Waals surface area (Å²) in [5.74, 6) is 0. The maximum atomic E-state index is 2.45. The number of fused-ring (bicyclic) bond motifs is 10. The Morgan fingerprint density at radius 2 is 1.09 bits per heavy atom. The summed E-state index contributed by atoms with van der Waals surface area (Å²) in [4.78, 5) is 2.45. The number of hydrogen-bond acceptors (Lipinski definition) is 2. The van der Waals surface area contributed by atoms with E-state index in [9.17, 15) is 0 Å². The zero-order valence-electron chi connectivity index (χ0n) is 30.1. The molecule has 0 bridgehead atoms. The highest BCUT2D eigenvalue weighted by Gasteiger charge is 2.35. The van der Waals surface area contributed by atoms with Crippen LogP contribution in [0.25, 0.3) is 69.9 Å². The van der Waals surface area contributed by atoms with Crippen LogP contribution in [0.15, 0.2) is 182 Å². The average Bonchev–Trinajstić information content (AvgIpc) is 3.84. The van der Waals surface area contributed by atoms with Crippen molar-refractivity contribution in [3.63, 3.8) is 0 Å². The molecule has 1 aliphatic carbocycles. The molecule has 256 valence electrons. The first-order valence-corrected chi connectivity index (χ1v) is 19.5. The summed E-state index contributed by atoms with van der Waals surface area (Å²) in [6.45, 7) is 4.72. The lowest BCUT2D eigenvalue weighted by atomic mass is 9.82. The molecule has 0 spiro atoms. The van der Waals surface area contributed by atoms with Crippen molar-refractivity contribution in [1.82, 2.24) is 4.57 Å². The summed E-state index contributed by atoms with van der Waals surface area (Å²) in [5.41, 5.74) is 14.7. The number of hydrogen-bond donors (Lipinski definition) is 0. The fourth-order valence-electron chi connectivity index (χ4n) is 8.98. The topological polar surface area (TPSA) is 8.17 Å². The Hall–Kier alpha value is -6.42. The first kappa shape index (κ1) is 31.1. The number of nitrogens with zero attached hydrogens (tertiary/aromatic N) is 2. The van der Waals surface area contributed by atoms with Gasteiger partial charge in [-0.2, -0.15) is 0 Å². The molecule has 0 N–H and O–H groups in total. The van der Waals surface area contributed by atoms with Gasteiger partial charge in [0.25, 0.3) is 0 Å². The van der Waals surface area contributed by atoms with Crippen molar-refractivity contribution in [2.45, 2.75) is 19.3 Å². The van der Waals surface area contributed by atoms with Gasteiger partial charge in [-0.15, -0.1) is 11.3 Å². The van der Waals surface area contributed by atoms with E-state index in [1.54, 1.807) is 0 Å². The molecule has 10 aromatic rings. The molecule has 0 saturated carbocycles. The Kier molecular flexibility index (Phi) is 6.80. The van der Waals surface area contributed by atoms with Crippen LogP contribution in [0.1, 0.15) is 25.0 Å². The van der Waals surface area contributed by atoms with Gasteiger partial charge < -0.3 is 9.47 Å². The standard InChI is InChI=1S/C51H36N2S/c1-51(2)44-19-11-9-17-39(44)40-27-25-38(32-45(40)51)52(36-23-21-34(22-24-36)33-13-5-3-6-14-33)37-26-29-46-43(31-37)49-47(53(46)35-15-7-4-8-16-35)30-28-42-41-18-10-12-20-48(41)54-50(42)49/h3-32H,1-2H3. The highest BCUT2D eigenvalue weighted by Crippen LogP contribution is 2.51. The minimum Gasteiger partial charge on any atom is -0.310 e. The molecule has 0 unspecified atom stereocenters. The van der Waals surface area contributed by atoms with E-state index in [-0.39, 0.29) is 5.41 Å². The minimum absolute atomic E-state index is 0.107. The van der Waals surface area contributed by atoms with Crippen LogP contribution in [0.3, 0.4) is 0 Å². The summed E-state index contributed by atoms with van der Waals surface area (Å²) in [7, 11) is 0. The molecule has 0 saturated heterocycles. The molecule has 0 atom stereocenters. The Morgan fingerprint density at radius 1 is 0.463 bits per heavy atom. The molecule has 0 amide bonds. The van der Waals surface area contributed by atoms with Gasteiger partial charge in [0.15, 0.2) is 0 Å². The Morgan fingerprint density at radius 3 is 1.93 bits per heavy atom. The van der Waals surface area contributed by atoms with E-state index in [1.807, 2.05) is 11.3 Å². The van der Waals surface area contributed by atoms with Gasteiger partial charge in [0.2, 0.25) is 0 Å². The second kappa shape index (κ2) is 11.8. The maximum absolute atomic E-state index is 2.45. The van der Waals surface area contributed by atoms with Crippen molar-refractivity contribution in [3.8, 4) is 27.9 Å². The van der Waals surface area contributed by atoms with Crippen LogP contribution < -0.4 is 4.90 Å². The van der Waals surface area contributed by atoms with E-state index in [4.69, 9.17) is 0 Å². The third-order valence-corrected chi connectivity index (χ3v) is 12.8. The molecule has 0 aliphatic heterocycles. The number of benzene rings is 8. The van der Waals surface area contributed by atoms with Crippen LogP contribution in [-0.4, -0.2) is 4.57 Å². The van der Waals surface area contributed by atoms with Gasteiger partial charge in [-0.05, 0) is 100 Å². The maximum Gasteiger partial charge on any atom is 0.0555 e. The second-order valence-corrected chi connectivity index (χ2v) is 16.0. The van der Waals surface area contributed by atoms with Crippen LogP contribution in [-0.2, 0) is 5.41 Å². The summed E-state index contributed by atoms with van der Waals surface area (Å²) in [5, 5.41) is 5.19. The molecule has 1 aliphatic rings. The summed E-state index contributed by atoms with van der Waals surface area (Å²) in [6.07, 6.45) is 0. The third kappa shape index (κ3) is 4.58. The zero-order valence-corrected chi connectivity index (χ0v) is 30.9. The number of aromatic nitrogens is 1. The zero-order chi connectivity index (χ0) is 36.0. The predicted octanol–water partition coefficient (Wildman–Crippen LogP) is 14.6. The molecule has 54 heavy (non-hydrogen) atoms. The lowest BCUT2D eigenvalue weighted by molar-refractivity contribution is 0.660. The van der Waals surface area contributed by atoms with Gasteiger partial charge >= 0.3 is 0 Å². The van der Waals surface area contributed by atoms with Crippen molar-refractivity contribution in [3.05, 3.63) is 193 Å². The fourth-order valence-corrected chi connectivity index (χ4v) is 10.2. The van der Waals surface area contributed by atoms with Crippen molar-refractivity contribution in [2.75, 3.05) is 4.90 Å². The molecule has 8 aromatic carbocycles. The van der Waals surface area contributed by atoms with Gasteiger partial charge in [-0.3, -0.25) is 0 Å². The van der Waals surface area contributed by atoms with Crippen molar-refractivity contribution in [2.24, 2.45) is 0 Å². The van der Waals surface area contributed by atoms with E-state index in [0.29, 0.717) is 0 Å². The summed E-state index contributed by atoms with van der Waals surface area (Å²) >= 11 is 1.90. The van der Waals surface area contributed by atoms with Crippen LogP contribution in [0.2, 0.25) is 0 Å². The largest absolute Gasteiger partial charge is 0.310 e. The van der Waals surface area contributed by atoms with Crippen molar-refractivity contribution >= 4 is 70.4 Å². The number of anilines is 3. The smallest absolute Gasteiger partial charge is 0.0555 e. The summed E-state index contributed by atoms with van der Waals surface area (Å²) < 4.78 is 5.09. The minimum atomic E-state index is -0.107. The lowest BCUT2D eigenvalue weighted by Crippen LogP contribution is -2.16. The van der Waals surface area contributed by atoms with Crippen LogP contribution in [0.5, 0.6) is 0 Å². The first-order chi connectivity index (χ1) is 26.5. The third-order valence-electron chi connectivity index (χ3n) is 11.6. The van der Waals surface area contributed by atoms with Crippen LogP contribution >= 0.6 is 11.3 Å². The van der Waals surface area contributed by atoms with E-state index in [2.05, 4.69) is 205 Å². The van der Waals surface area contributed by atoms with E-state index < -0.39 is 0 Å². The van der Waals surface area contributed by atoms with E-state index in [0.717, 1.165) is 17.1 Å². The number of para-hydroxylation sites is 1. The molecular formula is C51H36N2S. The second-order valence-electron chi connectivity index (χ2n) is 15.0. The molecular weight excluding hydrogens is 673 g/mol. The lowest BCUT2D eigenvalue weighted by Gasteiger charge is -2.28. The monoisotopic (exact) mass is 708 g/mol. The van der Waals surface area contributed by atoms with Crippen molar-refractivity contribution in [1.29, 1.82) is 0 Å².